The van der Waals surface area contributed by atoms with E-state index >= 15 is 0 Å². The SMILES string of the molecule is CCc1cc(C)c(C(=O)N[C@H]2CCO[C@@H]2c2nccn2C)o1. The Morgan fingerprint density at radius 1 is 1.55 bits per heavy atom. The van der Waals surface area contributed by atoms with Crippen molar-refractivity contribution in [3.8, 4) is 0 Å². The van der Waals surface area contributed by atoms with Crippen molar-refractivity contribution in [1.29, 1.82) is 0 Å². The fraction of sp³-hybridized carbons (Fsp3) is 0.500. The Kier molecular flexibility index (Phi) is 4.02. The second-order valence-corrected chi connectivity index (χ2v) is 5.63. The van der Waals surface area contributed by atoms with Gasteiger partial charge in [-0.05, 0) is 19.4 Å². The summed E-state index contributed by atoms with van der Waals surface area (Å²) in [6, 6.07) is 1.82. The molecule has 0 unspecified atom stereocenters. The van der Waals surface area contributed by atoms with Gasteiger partial charge in [0.05, 0.1) is 6.04 Å². The first-order chi connectivity index (χ1) is 10.6. The number of nitrogens with zero attached hydrogens (tertiary/aromatic N) is 2. The molecule has 0 saturated carbocycles. The highest BCUT2D eigenvalue weighted by Gasteiger charge is 2.34. The Bertz CT molecular complexity index is 674. The summed E-state index contributed by atoms with van der Waals surface area (Å²) in [6.07, 6.45) is 4.94. The topological polar surface area (TPSA) is 69.3 Å². The maximum atomic E-state index is 12.5. The van der Waals surface area contributed by atoms with Gasteiger partial charge < -0.3 is 19.0 Å². The summed E-state index contributed by atoms with van der Waals surface area (Å²) in [5.41, 5.74) is 0.863. The molecule has 3 rings (SSSR count). The van der Waals surface area contributed by atoms with E-state index in [0.29, 0.717) is 12.4 Å². The minimum atomic E-state index is -0.218. The number of furan rings is 1. The summed E-state index contributed by atoms with van der Waals surface area (Å²) in [6.45, 7) is 4.50. The smallest absolute Gasteiger partial charge is 0.287 e. The Morgan fingerprint density at radius 3 is 3.00 bits per heavy atom. The van der Waals surface area contributed by atoms with E-state index in [9.17, 15) is 4.79 Å². The minimum absolute atomic E-state index is 0.0943. The normalized spacial score (nSPS) is 21.2. The van der Waals surface area contributed by atoms with Crippen LogP contribution in [0.4, 0.5) is 0 Å². The van der Waals surface area contributed by atoms with Gasteiger partial charge in [0.15, 0.2) is 5.76 Å². The molecule has 0 radical (unpaired) electrons. The average Bonchev–Trinajstić information content (AvgIpc) is 3.18. The van der Waals surface area contributed by atoms with E-state index in [2.05, 4.69) is 10.3 Å². The van der Waals surface area contributed by atoms with Crippen molar-refractivity contribution in [2.75, 3.05) is 6.61 Å². The van der Waals surface area contributed by atoms with E-state index in [1.165, 1.54) is 0 Å². The van der Waals surface area contributed by atoms with Crippen LogP contribution in [0.15, 0.2) is 22.9 Å². The highest BCUT2D eigenvalue weighted by Crippen LogP contribution is 2.28. The van der Waals surface area contributed by atoms with Gasteiger partial charge in [0.1, 0.15) is 17.7 Å². The summed E-state index contributed by atoms with van der Waals surface area (Å²) < 4.78 is 13.3. The fourth-order valence-corrected chi connectivity index (χ4v) is 2.82. The Labute approximate surface area is 129 Å². The first-order valence-electron chi connectivity index (χ1n) is 7.59. The maximum Gasteiger partial charge on any atom is 0.287 e. The molecule has 2 atom stereocenters. The van der Waals surface area contributed by atoms with Crippen LogP contribution in [0, 0.1) is 6.92 Å². The van der Waals surface area contributed by atoms with Crippen LogP contribution >= 0.6 is 0 Å². The van der Waals surface area contributed by atoms with E-state index in [1.807, 2.05) is 37.7 Å². The van der Waals surface area contributed by atoms with Gasteiger partial charge in [0.2, 0.25) is 0 Å². The number of aryl methyl sites for hydroxylation is 3. The Hall–Kier alpha value is -2.08. The molecule has 0 aromatic carbocycles. The molecule has 0 bridgehead atoms. The number of amides is 1. The van der Waals surface area contributed by atoms with Crippen LogP contribution in [-0.2, 0) is 18.2 Å². The lowest BCUT2D eigenvalue weighted by molar-refractivity contribution is 0.0761. The Morgan fingerprint density at radius 2 is 2.36 bits per heavy atom. The van der Waals surface area contributed by atoms with Gasteiger partial charge in [-0.1, -0.05) is 6.92 Å². The summed E-state index contributed by atoms with van der Waals surface area (Å²) in [5.74, 6) is 1.86. The summed E-state index contributed by atoms with van der Waals surface area (Å²) in [7, 11) is 1.92. The second kappa shape index (κ2) is 5.96. The minimum Gasteiger partial charge on any atom is -0.456 e. The lowest BCUT2D eigenvalue weighted by Gasteiger charge is -2.19. The van der Waals surface area contributed by atoms with Gasteiger partial charge in [-0.25, -0.2) is 4.98 Å². The molecule has 3 heterocycles. The van der Waals surface area contributed by atoms with E-state index in [1.54, 1.807) is 6.20 Å². The lowest BCUT2D eigenvalue weighted by atomic mass is 10.1. The number of nitrogens with one attached hydrogen (secondary N) is 1. The second-order valence-electron chi connectivity index (χ2n) is 5.63. The van der Waals surface area contributed by atoms with Crippen LogP contribution < -0.4 is 5.32 Å². The molecule has 1 amide bonds. The van der Waals surface area contributed by atoms with Gasteiger partial charge >= 0.3 is 0 Å². The number of carbonyl (C=O) groups excluding carboxylic acids is 1. The molecular formula is C16H21N3O3. The van der Waals surface area contributed by atoms with Gasteiger partial charge in [-0.3, -0.25) is 4.79 Å². The third-order valence-corrected chi connectivity index (χ3v) is 4.04. The third kappa shape index (κ3) is 2.66. The molecule has 6 heteroatoms. The predicted octanol–water partition coefficient (Wildman–Crippen LogP) is 2.14. The Balaban J connectivity index is 1.75. The van der Waals surface area contributed by atoms with Gasteiger partial charge in [-0.15, -0.1) is 0 Å². The van der Waals surface area contributed by atoms with Gasteiger partial charge in [0, 0.05) is 38.0 Å². The number of ether oxygens (including phenoxy) is 1. The van der Waals surface area contributed by atoms with Gasteiger partial charge in [-0.2, -0.15) is 0 Å². The predicted molar refractivity (Wildman–Crippen MR) is 80.6 cm³/mol. The molecule has 118 valence electrons. The first-order valence-corrected chi connectivity index (χ1v) is 7.59. The van der Waals surface area contributed by atoms with Crippen molar-refractivity contribution in [3.05, 3.63) is 41.4 Å². The summed E-state index contributed by atoms with van der Waals surface area (Å²) in [5, 5.41) is 3.03. The lowest BCUT2D eigenvalue weighted by Crippen LogP contribution is -2.37. The number of hydrogen-bond acceptors (Lipinski definition) is 4. The van der Waals surface area contributed by atoms with Crippen LogP contribution in [0.5, 0.6) is 0 Å². The molecule has 0 spiro atoms. The van der Waals surface area contributed by atoms with Crippen LogP contribution in [0.1, 0.15) is 47.2 Å². The van der Waals surface area contributed by atoms with Crippen LogP contribution in [0.25, 0.3) is 0 Å². The van der Waals surface area contributed by atoms with E-state index in [-0.39, 0.29) is 18.1 Å². The number of rotatable bonds is 4. The van der Waals surface area contributed by atoms with Crippen molar-refractivity contribution >= 4 is 5.91 Å². The molecule has 1 saturated heterocycles. The molecule has 2 aromatic rings. The molecule has 1 aliphatic heterocycles. The summed E-state index contributed by atoms with van der Waals surface area (Å²) >= 11 is 0. The van der Waals surface area contributed by atoms with Crippen LogP contribution in [-0.4, -0.2) is 28.1 Å². The molecule has 22 heavy (non-hydrogen) atoms. The molecule has 1 fully saturated rings. The molecule has 0 aliphatic carbocycles. The quantitative estimate of drug-likeness (QED) is 0.939. The van der Waals surface area contributed by atoms with E-state index in [4.69, 9.17) is 9.15 Å². The van der Waals surface area contributed by atoms with Crippen molar-refractivity contribution < 1.29 is 13.9 Å². The first kappa shape index (κ1) is 14.8. The number of imidazole rings is 1. The largest absolute Gasteiger partial charge is 0.456 e. The zero-order chi connectivity index (χ0) is 15.7. The van der Waals surface area contributed by atoms with Crippen LogP contribution in [0.2, 0.25) is 0 Å². The zero-order valence-corrected chi connectivity index (χ0v) is 13.1. The molecule has 2 aromatic heterocycles. The van der Waals surface area contributed by atoms with Crippen molar-refractivity contribution in [2.24, 2.45) is 7.05 Å². The van der Waals surface area contributed by atoms with E-state index in [0.717, 1.165) is 30.0 Å². The molecule has 1 N–H and O–H groups in total. The standard InChI is InChI=1S/C16H21N3O3/c1-4-11-9-10(2)13(22-11)16(20)18-12-5-8-21-14(12)15-17-6-7-19(15)3/h6-7,9,12,14H,4-5,8H2,1-3H3,(H,18,20)/t12-,14-/m0/s1. The van der Waals surface area contributed by atoms with Crippen molar-refractivity contribution in [1.82, 2.24) is 14.9 Å². The highest BCUT2D eigenvalue weighted by molar-refractivity contribution is 5.93. The van der Waals surface area contributed by atoms with Crippen molar-refractivity contribution in [2.45, 2.75) is 38.8 Å². The average molecular weight is 303 g/mol. The highest BCUT2D eigenvalue weighted by atomic mass is 16.5. The number of aromatic nitrogens is 2. The molecule has 6 nitrogen and oxygen atoms in total. The number of hydrogen-bond donors (Lipinski definition) is 1. The maximum absolute atomic E-state index is 12.5. The number of carbonyl (C=O) groups is 1. The van der Waals surface area contributed by atoms with Crippen LogP contribution in [0.3, 0.4) is 0 Å². The van der Waals surface area contributed by atoms with Crippen molar-refractivity contribution in [3.63, 3.8) is 0 Å². The zero-order valence-electron chi connectivity index (χ0n) is 13.1. The summed E-state index contributed by atoms with van der Waals surface area (Å²) in [4.78, 5) is 16.8. The fourth-order valence-electron chi connectivity index (χ4n) is 2.82. The molecule has 1 aliphatic rings. The monoisotopic (exact) mass is 303 g/mol. The van der Waals surface area contributed by atoms with Gasteiger partial charge in [0.25, 0.3) is 5.91 Å². The molecular weight excluding hydrogens is 282 g/mol. The van der Waals surface area contributed by atoms with E-state index < -0.39 is 0 Å². The third-order valence-electron chi connectivity index (χ3n) is 4.04.